The minimum Gasteiger partial charge on any atom is -0.462 e. The molecule has 0 aromatic carbocycles. The molecule has 6 heteroatoms. The number of hydrogen-bond acceptors (Lipinski definition) is 6. The van der Waals surface area contributed by atoms with Gasteiger partial charge in [0, 0.05) is 19.3 Å². The Morgan fingerprint density at radius 3 is 1.07 bits per heavy atom. The Hall–Kier alpha value is -2.37. The largest absolute Gasteiger partial charge is 0.462 e. The van der Waals surface area contributed by atoms with E-state index >= 15 is 0 Å². The molecule has 0 aromatic heterocycles. The molecule has 1 atom stereocenters. The summed E-state index contributed by atoms with van der Waals surface area (Å²) in [7, 11) is 0. The third-order valence-corrected chi connectivity index (χ3v) is 10.6. The van der Waals surface area contributed by atoms with Crippen LogP contribution in [0.5, 0.6) is 0 Å². The van der Waals surface area contributed by atoms with Crippen LogP contribution in [0.25, 0.3) is 0 Å². The van der Waals surface area contributed by atoms with Gasteiger partial charge in [0.05, 0.1) is 0 Å². The number of ether oxygens (including phenoxy) is 3. The zero-order valence-electron chi connectivity index (χ0n) is 37.9. The van der Waals surface area contributed by atoms with Crippen LogP contribution in [0.2, 0.25) is 0 Å². The van der Waals surface area contributed by atoms with Crippen LogP contribution in [0.3, 0.4) is 0 Å². The summed E-state index contributed by atoms with van der Waals surface area (Å²) in [6, 6.07) is 0. The van der Waals surface area contributed by atoms with Gasteiger partial charge < -0.3 is 14.2 Å². The monoisotopic (exact) mass is 801 g/mol. The number of hydrogen-bond donors (Lipinski definition) is 0. The van der Waals surface area contributed by atoms with Crippen molar-refractivity contribution < 1.29 is 28.6 Å². The molecule has 57 heavy (non-hydrogen) atoms. The molecule has 0 aliphatic carbocycles. The molecule has 0 saturated heterocycles. The quantitative estimate of drug-likeness (QED) is 0.0264. The van der Waals surface area contributed by atoms with Crippen molar-refractivity contribution in [2.24, 2.45) is 0 Å². The molecule has 0 aromatic rings. The second-order valence-corrected chi connectivity index (χ2v) is 16.4. The molecule has 0 aliphatic heterocycles. The highest BCUT2D eigenvalue weighted by molar-refractivity contribution is 5.71. The third kappa shape index (κ3) is 44.6. The van der Waals surface area contributed by atoms with Crippen molar-refractivity contribution in [3.05, 3.63) is 36.5 Å². The molecular formula is C51H92O6. The summed E-state index contributed by atoms with van der Waals surface area (Å²) >= 11 is 0. The van der Waals surface area contributed by atoms with Crippen LogP contribution in [0.4, 0.5) is 0 Å². The average molecular weight is 801 g/mol. The maximum absolute atomic E-state index is 12.7. The van der Waals surface area contributed by atoms with Crippen LogP contribution < -0.4 is 0 Å². The van der Waals surface area contributed by atoms with E-state index in [0.717, 1.165) is 77.0 Å². The Labute approximate surface area is 353 Å². The molecule has 0 saturated carbocycles. The van der Waals surface area contributed by atoms with E-state index in [4.69, 9.17) is 14.2 Å². The van der Waals surface area contributed by atoms with Gasteiger partial charge in [-0.1, -0.05) is 198 Å². The molecule has 0 amide bonds. The zero-order valence-corrected chi connectivity index (χ0v) is 37.9. The predicted molar refractivity (Wildman–Crippen MR) is 242 cm³/mol. The van der Waals surface area contributed by atoms with Gasteiger partial charge in [0.15, 0.2) is 6.10 Å². The van der Waals surface area contributed by atoms with E-state index in [0.29, 0.717) is 19.3 Å². The van der Waals surface area contributed by atoms with Crippen molar-refractivity contribution >= 4 is 17.9 Å². The second-order valence-electron chi connectivity index (χ2n) is 16.4. The molecule has 0 heterocycles. The van der Waals surface area contributed by atoms with E-state index in [-0.39, 0.29) is 31.1 Å². The van der Waals surface area contributed by atoms with Crippen LogP contribution in [-0.2, 0) is 28.6 Å². The lowest BCUT2D eigenvalue weighted by Crippen LogP contribution is -2.30. The fraction of sp³-hybridized carbons (Fsp3) is 0.824. The molecule has 6 nitrogen and oxygen atoms in total. The van der Waals surface area contributed by atoms with E-state index in [1.54, 1.807) is 0 Å². The lowest BCUT2D eigenvalue weighted by molar-refractivity contribution is -0.167. The molecular weight excluding hydrogens is 709 g/mol. The topological polar surface area (TPSA) is 78.9 Å². The van der Waals surface area contributed by atoms with Crippen molar-refractivity contribution in [2.45, 2.75) is 258 Å². The Balaban J connectivity index is 4.33. The normalized spacial score (nSPS) is 12.3. The Bertz CT molecular complexity index is 969. The van der Waals surface area contributed by atoms with Crippen molar-refractivity contribution in [2.75, 3.05) is 13.2 Å². The smallest absolute Gasteiger partial charge is 0.306 e. The molecule has 332 valence electrons. The van der Waals surface area contributed by atoms with Crippen molar-refractivity contribution in [3.8, 4) is 0 Å². The molecule has 0 spiro atoms. The van der Waals surface area contributed by atoms with Gasteiger partial charge >= 0.3 is 17.9 Å². The molecule has 0 unspecified atom stereocenters. The fourth-order valence-electron chi connectivity index (χ4n) is 6.86. The standard InChI is InChI=1S/C51H92O6/c1-4-7-10-13-16-19-22-23-24-25-26-27-30-32-35-38-41-44-50(53)56-47-48(57-51(54)45-42-39-36-33-29-21-18-15-12-9-6-3)46-55-49(52)43-40-37-34-31-28-20-17-14-11-8-5-2/h14,16-17,19,23-24,48H,4-13,15,18,20-22,25-47H2,1-3H3/b17-14-,19-16-,24-23-/t48-/m0/s1. The summed E-state index contributed by atoms with van der Waals surface area (Å²) in [6.07, 6.45) is 52.6. The number of carbonyl (C=O) groups is 3. The van der Waals surface area contributed by atoms with Gasteiger partial charge in [-0.05, 0) is 70.6 Å². The van der Waals surface area contributed by atoms with Crippen LogP contribution >= 0.6 is 0 Å². The SMILES string of the molecule is CCCC/C=C\CCCCCCCC(=O)OC[C@@H](COC(=O)CCCCCCCCC/C=C\C/C=C\CCCCC)OC(=O)CCCCCCCCCCCCC. The molecule has 0 rings (SSSR count). The van der Waals surface area contributed by atoms with Crippen LogP contribution in [0.1, 0.15) is 252 Å². The summed E-state index contributed by atoms with van der Waals surface area (Å²) in [5, 5.41) is 0. The van der Waals surface area contributed by atoms with Gasteiger partial charge in [-0.15, -0.1) is 0 Å². The Kier molecular flexibility index (Phi) is 44.4. The first kappa shape index (κ1) is 54.6. The predicted octanol–water partition coefficient (Wildman–Crippen LogP) is 15.8. The van der Waals surface area contributed by atoms with E-state index in [2.05, 4.69) is 57.2 Å². The van der Waals surface area contributed by atoms with Gasteiger partial charge in [-0.25, -0.2) is 0 Å². The maximum Gasteiger partial charge on any atom is 0.306 e. The second kappa shape index (κ2) is 46.3. The third-order valence-electron chi connectivity index (χ3n) is 10.6. The summed E-state index contributed by atoms with van der Waals surface area (Å²) in [5.41, 5.74) is 0. The minimum absolute atomic E-state index is 0.0767. The van der Waals surface area contributed by atoms with E-state index in [1.807, 2.05) is 0 Å². The van der Waals surface area contributed by atoms with Crippen LogP contribution in [0.15, 0.2) is 36.5 Å². The summed E-state index contributed by atoms with van der Waals surface area (Å²) in [6.45, 7) is 6.56. The Morgan fingerprint density at radius 2 is 0.649 bits per heavy atom. The molecule has 0 aliphatic rings. The minimum atomic E-state index is -0.773. The lowest BCUT2D eigenvalue weighted by atomic mass is 10.1. The molecule has 0 bridgehead atoms. The zero-order chi connectivity index (χ0) is 41.5. The number of esters is 3. The van der Waals surface area contributed by atoms with Gasteiger partial charge in [0.25, 0.3) is 0 Å². The van der Waals surface area contributed by atoms with Gasteiger partial charge in [0.2, 0.25) is 0 Å². The maximum atomic E-state index is 12.7. The van der Waals surface area contributed by atoms with Gasteiger partial charge in [-0.2, -0.15) is 0 Å². The summed E-state index contributed by atoms with van der Waals surface area (Å²) < 4.78 is 16.7. The highest BCUT2D eigenvalue weighted by Gasteiger charge is 2.19. The van der Waals surface area contributed by atoms with E-state index < -0.39 is 6.10 Å². The first-order valence-corrected chi connectivity index (χ1v) is 24.5. The molecule has 0 radical (unpaired) electrons. The fourth-order valence-corrected chi connectivity index (χ4v) is 6.86. The number of allylic oxidation sites excluding steroid dienone is 6. The van der Waals surface area contributed by atoms with Crippen molar-refractivity contribution in [1.29, 1.82) is 0 Å². The first-order valence-electron chi connectivity index (χ1n) is 24.5. The average Bonchev–Trinajstić information content (AvgIpc) is 3.21. The highest BCUT2D eigenvalue weighted by atomic mass is 16.6. The molecule has 0 N–H and O–H groups in total. The van der Waals surface area contributed by atoms with Gasteiger partial charge in [-0.3, -0.25) is 14.4 Å². The first-order chi connectivity index (χ1) is 28.0. The van der Waals surface area contributed by atoms with Crippen LogP contribution in [-0.4, -0.2) is 37.2 Å². The van der Waals surface area contributed by atoms with Crippen molar-refractivity contribution in [3.63, 3.8) is 0 Å². The summed E-state index contributed by atoms with van der Waals surface area (Å²) in [4.78, 5) is 37.8. The van der Waals surface area contributed by atoms with E-state index in [1.165, 1.54) is 135 Å². The van der Waals surface area contributed by atoms with Crippen molar-refractivity contribution in [1.82, 2.24) is 0 Å². The van der Waals surface area contributed by atoms with E-state index in [9.17, 15) is 14.4 Å². The van der Waals surface area contributed by atoms with Crippen LogP contribution in [0, 0.1) is 0 Å². The lowest BCUT2D eigenvalue weighted by Gasteiger charge is -2.18. The Morgan fingerprint density at radius 1 is 0.351 bits per heavy atom. The molecule has 0 fully saturated rings. The number of unbranched alkanes of at least 4 members (excludes halogenated alkanes) is 27. The van der Waals surface area contributed by atoms with Gasteiger partial charge in [0.1, 0.15) is 13.2 Å². The summed E-state index contributed by atoms with van der Waals surface area (Å²) in [5.74, 6) is -0.889. The highest BCUT2D eigenvalue weighted by Crippen LogP contribution is 2.15. The number of carbonyl (C=O) groups excluding carboxylic acids is 3. The number of rotatable bonds is 44.